The standard InChI is InChI=1S/C15H12BrClO3/c16-9-2-3-10-13(19)7-14(20-15(10)6-9)8-1-4-12(18)11(17)5-8/h1-6,13-14,18-19H,7H2/t13-,14?/m1/s1. The van der Waals surface area contributed by atoms with Gasteiger partial charge in [0, 0.05) is 16.5 Å². The molecule has 0 spiro atoms. The van der Waals surface area contributed by atoms with E-state index in [1.807, 2.05) is 18.2 Å². The highest BCUT2D eigenvalue weighted by atomic mass is 79.9. The van der Waals surface area contributed by atoms with E-state index in [9.17, 15) is 10.2 Å². The van der Waals surface area contributed by atoms with Gasteiger partial charge in [-0.15, -0.1) is 0 Å². The third-order valence-electron chi connectivity index (χ3n) is 3.38. The molecule has 2 N–H and O–H groups in total. The second-order valence-corrected chi connectivity index (χ2v) is 6.07. The zero-order chi connectivity index (χ0) is 14.3. The first-order valence-electron chi connectivity index (χ1n) is 6.17. The molecule has 1 heterocycles. The molecule has 3 nitrogen and oxygen atoms in total. The van der Waals surface area contributed by atoms with Crippen LogP contribution in [-0.2, 0) is 0 Å². The molecule has 1 aliphatic heterocycles. The third kappa shape index (κ3) is 2.51. The number of fused-ring (bicyclic) bond motifs is 1. The van der Waals surface area contributed by atoms with Gasteiger partial charge in [-0.2, -0.15) is 0 Å². The molecule has 0 amide bonds. The van der Waals surface area contributed by atoms with Gasteiger partial charge >= 0.3 is 0 Å². The zero-order valence-corrected chi connectivity index (χ0v) is 12.7. The Labute approximate surface area is 129 Å². The Hall–Kier alpha value is -1.23. The van der Waals surface area contributed by atoms with E-state index in [1.54, 1.807) is 12.1 Å². The zero-order valence-electron chi connectivity index (χ0n) is 10.4. The molecule has 2 atom stereocenters. The minimum Gasteiger partial charge on any atom is -0.506 e. The molecule has 0 aliphatic carbocycles. The van der Waals surface area contributed by atoms with Crippen molar-refractivity contribution in [1.29, 1.82) is 0 Å². The van der Waals surface area contributed by atoms with E-state index >= 15 is 0 Å². The lowest BCUT2D eigenvalue weighted by Crippen LogP contribution is -2.19. The van der Waals surface area contributed by atoms with E-state index in [-0.39, 0.29) is 16.9 Å². The Kier molecular flexibility index (Phi) is 3.63. The van der Waals surface area contributed by atoms with Gasteiger partial charge in [-0.1, -0.05) is 39.7 Å². The predicted molar refractivity (Wildman–Crippen MR) is 80.2 cm³/mol. The van der Waals surface area contributed by atoms with Crippen LogP contribution in [0.1, 0.15) is 29.8 Å². The van der Waals surface area contributed by atoms with E-state index in [0.29, 0.717) is 12.2 Å². The fourth-order valence-corrected chi connectivity index (χ4v) is 2.87. The number of rotatable bonds is 1. The summed E-state index contributed by atoms with van der Waals surface area (Å²) in [7, 11) is 0. The summed E-state index contributed by atoms with van der Waals surface area (Å²) in [4.78, 5) is 0. The maximum atomic E-state index is 10.2. The molecule has 1 aliphatic rings. The molecule has 0 saturated carbocycles. The molecular weight excluding hydrogens is 344 g/mol. The van der Waals surface area contributed by atoms with E-state index in [4.69, 9.17) is 16.3 Å². The van der Waals surface area contributed by atoms with Crippen LogP contribution in [0.15, 0.2) is 40.9 Å². The van der Waals surface area contributed by atoms with Crippen LogP contribution in [0.5, 0.6) is 11.5 Å². The summed E-state index contributed by atoms with van der Waals surface area (Å²) in [6.07, 6.45) is -0.412. The molecule has 1 unspecified atom stereocenters. The van der Waals surface area contributed by atoms with Crippen LogP contribution < -0.4 is 4.74 Å². The number of aliphatic hydroxyl groups is 1. The lowest BCUT2D eigenvalue weighted by atomic mass is 9.95. The van der Waals surface area contributed by atoms with Gasteiger partial charge in [-0.3, -0.25) is 0 Å². The van der Waals surface area contributed by atoms with Crippen molar-refractivity contribution in [2.45, 2.75) is 18.6 Å². The number of halogens is 2. The van der Waals surface area contributed by atoms with Gasteiger partial charge in [0.25, 0.3) is 0 Å². The Bertz CT molecular complexity index is 660. The Balaban J connectivity index is 1.96. The van der Waals surface area contributed by atoms with Crippen molar-refractivity contribution >= 4 is 27.5 Å². The third-order valence-corrected chi connectivity index (χ3v) is 4.18. The molecule has 2 aromatic rings. The number of phenols is 1. The molecule has 0 fully saturated rings. The number of hydrogen-bond acceptors (Lipinski definition) is 3. The fourth-order valence-electron chi connectivity index (χ4n) is 2.34. The normalized spacial score (nSPS) is 21.1. The molecule has 0 aromatic heterocycles. The van der Waals surface area contributed by atoms with E-state index in [0.717, 1.165) is 15.6 Å². The summed E-state index contributed by atoms with van der Waals surface area (Å²) in [6, 6.07) is 10.5. The molecule has 2 aromatic carbocycles. The Morgan fingerprint density at radius 3 is 2.75 bits per heavy atom. The molecule has 104 valence electrons. The first-order valence-corrected chi connectivity index (χ1v) is 7.34. The van der Waals surface area contributed by atoms with Crippen molar-refractivity contribution in [3.63, 3.8) is 0 Å². The minimum absolute atomic E-state index is 0.0370. The SMILES string of the molecule is Oc1ccc(C2C[C@@H](O)c3ccc(Br)cc3O2)cc1Cl. The van der Waals surface area contributed by atoms with Crippen LogP contribution in [0.3, 0.4) is 0 Å². The molecular formula is C15H12BrClO3. The Morgan fingerprint density at radius 1 is 1.20 bits per heavy atom. The lowest BCUT2D eigenvalue weighted by Gasteiger charge is -2.30. The van der Waals surface area contributed by atoms with Crippen molar-refractivity contribution in [1.82, 2.24) is 0 Å². The number of aromatic hydroxyl groups is 1. The topological polar surface area (TPSA) is 49.7 Å². The molecule has 3 rings (SSSR count). The van der Waals surface area contributed by atoms with Gasteiger partial charge in [0.05, 0.1) is 11.1 Å². The van der Waals surface area contributed by atoms with Crippen molar-refractivity contribution in [2.75, 3.05) is 0 Å². The fraction of sp³-hybridized carbons (Fsp3) is 0.200. The predicted octanol–water partition coefficient (Wildman–Crippen LogP) is 4.37. The molecule has 0 radical (unpaired) electrons. The second kappa shape index (κ2) is 5.28. The summed E-state index contributed by atoms with van der Waals surface area (Å²) in [5.74, 6) is 0.697. The largest absolute Gasteiger partial charge is 0.506 e. The van der Waals surface area contributed by atoms with E-state index < -0.39 is 6.10 Å². The summed E-state index contributed by atoms with van der Waals surface area (Å²) in [5, 5.41) is 20.0. The highest BCUT2D eigenvalue weighted by Crippen LogP contribution is 2.42. The second-order valence-electron chi connectivity index (χ2n) is 4.75. The van der Waals surface area contributed by atoms with Crippen LogP contribution in [0.2, 0.25) is 5.02 Å². The lowest BCUT2D eigenvalue weighted by molar-refractivity contribution is 0.0657. The average Bonchev–Trinajstić information content (AvgIpc) is 2.41. The monoisotopic (exact) mass is 354 g/mol. The van der Waals surface area contributed by atoms with Crippen molar-refractivity contribution in [3.05, 3.63) is 57.0 Å². The van der Waals surface area contributed by atoms with Crippen LogP contribution >= 0.6 is 27.5 Å². The summed E-state index contributed by atoms with van der Waals surface area (Å²) in [6.45, 7) is 0. The number of aliphatic hydroxyl groups excluding tert-OH is 1. The quantitative estimate of drug-likeness (QED) is 0.799. The maximum absolute atomic E-state index is 10.2. The van der Waals surface area contributed by atoms with Gasteiger partial charge < -0.3 is 14.9 Å². The van der Waals surface area contributed by atoms with Crippen molar-refractivity contribution in [3.8, 4) is 11.5 Å². The number of benzene rings is 2. The molecule has 0 saturated heterocycles. The maximum Gasteiger partial charge on any atom is 0.134 e. The highest BCUT2D eigenvalue weighted by molar-refractivity contribution is 9.10. The van der Waals surface area contributed by atoms with Crippen LogP contribution in [0.25, 0.3) is 0 Å². The summed E-state index contributed by atoms with van der Waals surface area (Å²) in [5.41, 5.74) is 1.62. The number of ether oxygens (including phenoxy) is 1. The van der Waals surface area contributed by atoms with Crippen LogP contribution in [0, 0.1) is 0 Å². The van der Waals surface area contributed by atoms with Gasteiger partial charge in [-0.05, 0) is 29.8 Å². The van der Waals surface area contributed by atoms with E-state index in [2.05, 4.69) is 15.9 Å². The number of phenolic OH excluding ortho intramolecular Hbond substituents is 1. The van der Waals surface area contributed by atoms with Crippen molar-refractivity contribution < 1.29 is 14.9 Å². The first kappa shape index (κ1) is 13.7. The smallest absolute Gasteiger partial charge is 0.134 e. The number of hydrogen-bond donors (Lipinski definition) is 2. The first-order chi connectivity index (χ1) is 9.54. The molecule has 0 bridgehead atoms. The summed E-state index contributed by atoms with van der Waals surface area (Å²) < 4.78 is 6.83. The van der Waals surface area contributed by atoms with Crippen LogP contribution in [0.4, 0.5) is 0 Å². The highest BCUT2D eigenvalue weighted by Gasteiger charge is 2.28. The van der Waals surface area contributed by atoms with Gasteiger partial charge in [0.1, 0.15) is 17.6 Å². The average molecular weight is 356 g/mol. The molecule has 20 heavy (non-hydrogen) atoms. The van der Waals surface area contributed by atoms with Gasteiger partial charge in [-0.25, -0.2) is 0 Å². The van der Waals surface area contributed by atoms with E-state index in [1.165, 1.54) is 6.07 Å². The Morgan fingerprint density at radius 2 is 2.00 bits per heavy atom. The minimum atomic E-state index is -0.579. The van der Waals surface area contributed by atoms with Crippen LogP contribution in [-0.4, -0.2) is 10.2 Å². The summed E-state index contributed by atoms with van der Waals surface area (Å²) >= 11 is 9.31. The van der Waals surface area contributed by atoms with Gasteiger partial charge in [0.15, 0.2) is 0 Å². The molecule has 5 heteroatoms. The van der Waals surface area contributed by atoms with Crippen molar-refractivity contribution in [2.24, 2.45) is 0 Å². The van der Waals surface area contributed by atoms with Gasteiger partial charge in [0.2, 0.25) is 0 Å².